The zero-order valence-corrected chi connectivity index (χ0v) is 16.4. The predicted octanol–water partition coefficient (Wildman–Crippen LogP) is 6.00. The van der Waals surface area contributed by atoms with Gasteiger partial charge in [0, 0.05) is 0 Å². The lowest BCUT2D eigenvalue weighted by Crippen LogP contribution is -2.13. The van der Waals surface area contributed by atoms with Crippen molar-refractivity contribution in [1.29, 1.82) is 0 Å². The maximum Gasteiger partial charge on any atom is 0.306 e. The standard InChI is InChI=1S/C26H26O3/c27-26(28)24(13-7-12-21-8-3-1-4-9-21)17-14-22-15-18-25(19-16-22)29-20-23-10-5-2-6-11-23/h1-12,15-16,18-19,24H,13-14,17,20H2,(H,27,28). The van der Waals surface area contributed by atoms with E-state index in [4.69, 9.17) is 4.74 Å². The van der Waals surface area contributed by atoms with Crippen LogP contribution in [0.25, 0.3) is 6.08 Å². The topological polar surface area (TPSA) is 46.5 Å². The number of hydrogen-bond donors (Lipinski definition) is 1. The van der Waals surface area contributed by atoms with E-state index >= 15 is 0 Å². The second kappa shape index (κ2) is 10.9. The van der Waals surface area contributed by atoms with Gasteiger partial charge in [-0.1, -0.05) is 84.9 Å². The van der Waals surface area contributed by atoms with Crippen molar-refractivity contribution in [2.24, 2.45) is 5.92 Å². The number of aryl methyl sites for hydroxylation is 1. The van der Waals surface area contributed by atoms with Gasteiger partial charge in [0.2, 0.25) is 0 Å². The van der Waals surface area contributed by atoms with E-state index < -0.39 is 5.97 Å². The molecule has 0 aliphatic heterocycles. The van der Waals surface area contributed by atoms with E-state index in [1.807, 2.05) is 97.1 Å². The molecule has 3 nitrogen and oxygen atoms in total. The number of benzene rings is 3. The summed E-state index contributed by atoms with van der Waals surface area (Å²) in [5.74, 6) is -0.312. The Balaban J connectivity index is 1.48. The Labute approximate surface area is 172 Å². The van der Waals surface area contributed by atoms with E-state index in [1.165, 1.54) is 0 Å². The summed E-state index contributed by atoms with van der Waals surface area (Å²) in [5.41, 5.74) is 3.34. The Morgan fingerprint density at radius 3 is 2.17 bits per heavy atom. The van der Waals surface area contributed by atoms with Crippen LogP contribution in [0.3, 0.4) is 0 Å². The van der Waals surface area contributed by atoms with Crippen LogP contribution in [0.2, 0.25) is 0 Å². The lowest BCUT2D eigenvalue weighted by Gasteiger charge is -2.11. The van der Waals surface area contributed by atoms with Gasteiger partial charge in [-0.05, 0) is 48.1 Å². The lowest BCUT2D eigenvalue weighted by atomic mass is 9.96. The minimum absolute atomic E-state index is 0.385. The first-order valence-corrected chi connectivity index (χ1v) is 9.91. The fourth-order valence-corrected chi connectivity index (χ4v) is 3.11. The molecule has 1 atom stereocenters. The third kappa shape index (κ3) is 6.96. The third-order valence-corrected chi connectivity index (χ3v) is 4.83. The number of ether oxygens (including phenoxy) is 1. The van der Waals surface area contributed by atoms with E-state index in [1.54, 1.807) is 0 Å². The van der Waals surface area contributed by atoms with Crippen LogP contribution in [-0.2, 0) is 17.8 Å². The second-order valence-electron chi connectivity index (χ2n) is 7.04. The van der Waals surface area contributed by atoms with Crippen molar-refractivity contribution in [2.75, 3.05) is 0 Å². The summed E-state index contributed by atoms with van der Waals surface area (Å²) in [6, 6.07) is 27.9. The Morgan fingerprint density at radius 1 is 0.862 bits per heavy atom. The van der Waals surface area contributed by atoms with Gasteiger partial charge in [0.15, 0.2) is 0 Å². The predicted molar refractivity (Wildman–Crippen MR) is 117 cm³/mol. The highest BCUT2D eigenvalue weighted by Crippen LogP contribution is 2.19. The molecule has 3 aromatic carbocycles. The zero-order chi connectivity index (χ0) is 20.3. The molecule has 29 heavy (non-hydrogen) atoms. The minimum atomic E-state index is -0.745. The first-order valence-electron chi connectivity index (χ1n) is 9.91. The molecule has 0 aromatic heterocycles. The molecule has 0 saturated carbocycles. The maximum atomic E-state index is 11.6. The average molecular weight is 386 g/mol. The van der Waals surface area contributed by atoms with Crippen molar-refractivity contribution in [2.45, 2.75) is 25.9 Å². The molecule has 0 bridgehead atoms. The number of hydrogen-bond acceptors (Lipinski definition) is 2. The Bertz CT molecular complexity index is 900. The summed E-state index contributed by atoms with van der Waals surface area (Å²) in [6.45, 7) is 0.537. The van der Waals surface area contributed by atoms with Gasteiger partial charge in [0.25, 0.3) is 0 Å². The van der Waals surface area contributed by atoms with E-state index in [0.29, 0.717) is 19.4 Å². The van der Waals surface area contributed by atoms with Gasteiger partial charge in [-0.25, -0.2) is 0 Å². The van der Waals surface area contributed by atoms with Gasteiger partial charge in [0.05, 0.1) is 5.92 Å². The van der Waals surface area contributed by atoms with Crippen molar-refractivity contribution < 1.29 is 14.6 Å². The molecule has 3 aromatic rings. The lowest BCUT2D eigenvalue weighted by molar-refractivity contribution is -0.141. The first-order chi connectivity index (χ1) is 14.2. The number of allylic oxidation sites excluding steroid dienone is 1. The van der Waals surface area contributed by atoms with Gasteiger partial charge in [0.1, 0.15) is 12.4 Å². The number of aliphatic carboxylic acids is 1. The summed E-state index contributed by atoms with van der Waals surface area (Å²) in [6.07, 6.45) is 5.81. The Hall–Kier alpha value is -3.33. The maximum absolute atomic E-state index is 11.6. The van der Waals surface area contributed by atoms with Crippen LogP contribution < -0.4 is 4.74 Å². The molecule has 0 aliphatic carbocycles. The molecule has 3 rings (SSSR count). The summed E-state index contributed by atoms with van der Waals surface area (Å²) in [5, 5.41) is 9.52. The molecule has 1 N–H and O–H groups in total. The number of carboxylic acids is 1. The van der Waals surface area contributed by atoms with E-state index in [9.17, 15) is 9.90 Å². The number of carboxylic acid groups (broad SMARTS) is 1. The van der Waals surface area contributed by atoms with Crippen LogP contribution in [-0.4, -0.2) is 11.1 Å². The van der Waals surface area contributed by atoms with Crippen LogP contribution in [0.4, 0.5) is 0 Å². The Kier molecular flexibility index (Phi) is 7.64. The smallest absolute Gasteiger partial charge is 0.306 e. The molecule has 0 radical (unpaired) electrons. The van der Waals surface area contributed by atoms with Gasteiger partial charge in [-0.2, -0.15) is 0 Å². The SMILES string of the molecule is O=C(O)C(CC=Cc1ccccc1)CCc1ccc(OCc2ccccc2)cc1. The molecule has 0 fully saturated rings. The molecular weight excluding hydrogens is 360 g/mol. The fourth-order valence-electron chi connectivity index (χ4n) is 3.11. The largest absolute Gasteiger partial charge is 0.489 e. The van der Waals surface area contributed by atoms with Crippen LogP contribution in [0.5, 0.6) is 5.75 Å². The van der Waals surface area contributed by atoms with Gasteiger partial charge in [-0.15, -0.1) is 0 Å². The molecule has 0 amide bonds. The van der Waals surface area contributed by atoms with Gasteiger partial charge in [-0.3, -0.25) is 4.79 Å². The molecule has 0 heterocycles. The van der Waals surface area contributed by atoms with E-state index in [2.05, 4.69) is 0 Å². The molecule has 3 heteroatoms. The van der Waals surface area contributed by atoms with Crippen molar-refractivity contribution in [3.05, 3.63) is 108 Å². The molecule has 0 spiro atoms. The molecular formula is C26H26O3. The average Bonchev–Trinajstić information content (AvgIpc) is 2.76. The van der Waals surface area contributed by atoms with E-state index in [0.717, 1.165) is 28.9 Å². The second-order valence-corrected chi connectivity index (χ2v) is 7.04. The van der Waals surface area contributed by atoms with E-state index in [-0.39, 0.29) is 5.92 Å². The van der Waals surface area contributed by atoms with Crippen LogP contribution in [0.1, 0.15) is 29.5 Å². The summed E-state index contributed by atoms with van der Waals surface area (Å²) in [4.78, 5) is 11.6. The normalized spacial score (nSPS) is 12.0. The van der Waals surface area contributed by atoms with Crippen molar-refractivity contribution >= 4 is 12.0 Å². The molecule has 0 aliphatic rings. The minimum Gasteiger partial charge on any atom is -0.489 e. The molecule has 1 unspecified atom stereocenters. The highest BCUT2D eigenvalue weighted by atomic mass is 16.5. The van der Waals surface area contributed by atoms with Crippen molar-refractivity contribution in [3.63, 3.8) is 0 Å². The fraction of sp³-hybridized carbons (Fsp3) is 0.192. The third-order valence-electron chi connectivity index (χ3n) is 4.83. The Morgan fingerprint density at radius 2 is 1.52 bits per heavy atom. The quantitative estimate of drug-likeness (QED) is 0.465. The number of carbonyl (C=O) groups is 1. The number of rotatable bonds is 10. The van der Waals surface area contributed by atoms with Gasteiger partial charge < -0.3 is 9.84 Å². The van der Waals surface area contributed by atoms with Crippen LogP contribution in [0, 0.1) is 5.92 Å². The van der Waals surface area contributed by atoms with Crippen LogP contribution >= 0.6 is 0 Å². The van der Waals surface area contributed by atoms with Crippen molar-refractivity contribution in [3.8, 4) is 5.75 Å². The van der Waals surface area contributed by atoms with Crippen LogP contribution in [0.15, 0.2) is 91.0 Å². The summed E-state index contributed by atoms with van der Waals surface area (Å²) >= 11 is 0. The molecule has 148 valence electrons. The zero-order valence-electron chi connectivity index (χ0n) is 16.4. The highest BCUT2D eigenvalue weighted by molar-refractivity contribution is 5.70. The van der Waals surface area contributed by atoms with Gasteiger partial charge >= 0.3 is 5.97 Å². The summed E-state index contributed by atoms with van der Waals surface area (Å²) < 4.78 is 5.80. The molecule has 0 saturated heterocycles. The highest BCUT2D eigenvalue weighted by Gasteiger charge is 2.15. The summed E-state index contributed by atoms with van der Waals surface area (Å²) in [7, 11) is 0. The monoisotopic (exact) mass is 386 g/mol. The first kappa shape index (κ1) is 20.4. The van der Waals surface area contributed by atoms with Crippen molar-refractivity contribution in [1.82, 2.24) is 0 Å².